The van der Waals surface area contributed by atoms with Gasteiger partial charge in [-0.1, -0.05) is 140 Å². The summed E-state index contributed by atoms with van der Waals surface area (Å²) in [5.41, 5.74) is 1.31. The molecule has 30 heavy (non-hydrogen) atoms. The van der Waals surface area contributed by atoms with E-state index < -0.39 is 5.97 Å². The Labute approximate surface area is 186 Å². The molecule has 0 saturated heterocycles. The molecule has 1 aromatic carbocycles. The number of hydrogen-bond donors (Lipinski definition) is 1. The van der Waals surface area contributed by atoms with Crippen molar-refractivity contribution in [3.63, 3.8) is 0 Å². The van der Waals surface area contributed by atoms with E-state index in [1.54, 1.807) is 0 Å². The molecule has 0 unspecified atom stereocenters. The summed E-state index contributed by atoms with van der Waals surface area (Å²) in [7, 11) is 0. The summed E-state index contributed by atoms with van der Waals surface area (Å²) in [6, 6.07) is 10.5. The van der Waals surface area contributed by atoms with Crippen molar-refractivity contribution >= 4 is 5.97 Å². The first-order valence-electron chi connectivity index (χ1n) is 13.0. The van der Waals surface area contributed by atoms with Crippen LogP contribution in [0.25, 0.3) is 0 Å². The fourth-order valence-electron chi connectivity index (χ4n) is 4.44. The lowest BCUT2D eigenvalue weighted by Gasteiger charge is -2.16. The van der Waals surface area contributed by atoms with Gasteiger partial charge in [0.15, 0.2) is 0 Å². The molecule has 0 bridgehead atoms. The van der Waals surface area contributed by atoms with Gasteiger partial charge in [-0.25, -0.2) is 0 Å². The zero-order valence-corrected chi connectivity index (χ0v) is 19.8. The Bertz CT molecular complexity index is 497. The van der Waals surface area contributed by atoms with Gasteiger partial charge in [0.1, 0.15) is 0 Å². The van der Waals surface area contributed by atoms with Crippen LogP contribution in [0.15, 0.2) is 30.3 Å². The molecule has 0 amide bonds. The summed E-state index contributed by atoms with van der Waals surface area (Å²) in [6.45, 7) is 2.28. The minimum Gasteiger partial charge on any atom is -0.481 e. The Balaban J connectivity index is 1.94. The maximum Gasteiger partial charge on any atom is 0.303 e. The lowest BCUT2D eigenvalue weighted by Crippen LogP contribution is -2.03. The highest BCUT2D eigenvalue weighted by molar-refractivity contribution is 5.66. The Kier molecular flexibility index (Phi) is 17.5. The third-order valence-electron chi connectivity index (χ3n) is 6.38. The summed E-state index contributed by atoms with van der Waals surface area (Å²) in [5.74, 6) is -0.281. The molecular formula is C28H48O2. The quantitative estimate of drug-likeness (QED) is 0.203. The van der Waals surface area contributed by atoms with Gasteiger partial charge in [-0.05, 0) is 24.3 Å². The van der Waals surface area contributed by atoms with E-state index in [-0.39, 0.29) is 6.42 Å². The fourth-order valence-corrected chi connectivity index (χ4v) is 4.44. The molecule has 2 nitrogen and oxygen atoms in total. The highest BCUT2D eigenvalue weighted by Crippen LogP contribution is 2.27. The minimum absolute atomic E-state index is 0.276. The number of rotatable bonds is 21. The highest BCUT2D eigenvalue weighted by atomic mass is 16.4. The van der Waals surface area contributed by atoms with Crippen molar-refractivity contribution in [2.75, 3.05) is 0 Å². The zero-order chi connectivity index (χ0) is 21.7. The van der Waals surface area contributed by atoms with Crippen LogP contribution in [0.4, 0.5) is 0 Å². The maximum absolute atomic E-state index is 11.0. The average Bonchev–Trinajstić information content (AvgIpc) is 2.76. The van der Waals surface area contributed by atoms with E-state index in [4.69, 9.17) is 5.11 Å². The number of aliphatic carboxylic acids is 1. The molecule has 172 valence electrons. The lowest BCUT2D eigenvalue weighted by molar-refractivity contribution is -0.137. The molecule has 1 N–H and O–H groups in total. The molecule has 0 aliphatic rings. The summed E-state index contributed by atoms with van der Waals surface area (Å²) in [6.07, 6.45) is 24.4. The van der Waals surface area contributed by atoms with Gasteiger partial charge < -0.3 is 5.11 Å². The van der Waals surface area contributed by atoms with Crippen LogP contribution in [0.1, 0.15) is 140 Å². The SMILES string of the molecule is CCCCCCCCCCCCCCCCCC[C@H](CCC(=O)O)c1ccccc1. The molecule has 0 saturated carbocycles. The molecule has 1 aromatic rings. The molecule has 0 spiro atoms. The summed E-state index contributed by atoms with van der Waals surface area (Å²) >= 11 is 0. The van der Waals surface area contributed by atoms with E-state index in [1.165, 1.54) is 108 Å². The molecule has 0 aliphatic heterocycles. The summed E-state index contributed by atoms with van der Waals surface area (Å²) < 4.78 is 0. The van der Waals surface area contributed by atoms with E-state index in [1.807, 2.05) is 6.07 Å². The van der Waals surface area contributed by atoms with Gasteiger partial charge in [0, 0.05) is 6.42 Å². The summed E-state index contributed by atoms with van der Waals surface area (Å²) in [5, 5.41) is 9.02. The topological polar surface area (TPSA) is 37.3 Å². The number of carboxylic acids is 1. The van der Waals surface area contributed by atoms with Crippen LogP contribution in [0.2, 0.25) is 0 Å². The molecule has 0 radical (unpaired) electrons. The smallest absolute Gasteiger partial charge is 0.303 e. The number of benzene rings is 1. The Morgan fingerprint density at radius 1 is 0.667 bits per heavy atom. The first-order valence-corrected chi connectivity index (χ1v) is 13.0. The fraction of sp³-hybridized carbons (Fsp3) is 0.750. The predicted molar refractivity (Wildman–Crippen MR) is 130 cm³/mol. The number of unbranched alkanes of at least 4 members (excludes halogenated alkanes) is 15. The number of carboxylic acid groups (broad SMARTS) is 1. The van der Waals surface area contributed by atoms with E-state index >= 15 is 0 Å². The Morgan fingerprint density at radius 2 is 1.10 bits per heavy atom. The van der Waals surface area contributed by atoms with Gasteiger partial charge >= 0.3 is 5.97 Å². The van der Waals surface area contributed by atoms with Crippen LogP contribution >= 0.6 is 0 Å². The number of carbonyl (C=O) groups is 1. The van der Waals surface area contributed by atoms with Gasteiger partial charge in [0.25, 0.3) is 0 Å². The van der Waals surface area contributed by atoms with Gasteiger partial charge in [0.2, 0.25) is 0 Å². The van der Waals surface area contributed by atoms with Crippen LogP contribution in [0, 0.1) is 0 Å². The van der Waals surface area contributed by atoms with Crippen molar-refractivity contribution in [1.29, 1.82) is 0 Å². The Hall–Kier alpha value is -1.31. The largest absolute Gasteiger partial charge is 0.481 e. The van der Waals surface area contributed by atoms with Crippen molar-refractivity contribution in [1.82, 2.24) is 0 Å². The number of hydrogen-bond acceptors (Lipinski definition) is 1. The summed E-state index contributed by atoms with van der Waals surface area (Å²) in [4.78, 5) is 11.0. The highest BCUT2D eigenvalue weighted by Gasteiger charge is 2.12. The van der Waals surface area contributed by atoms with Crippen molar-refractivity contribution in [2.45, 2.75) is 135 Å². The second kappa shape index (κ2) is 19.6. The Morgan fingerprint density at radius 3 is 1.53 bits per heavy atom. The first kappa shape index (κ1) is 26.7. The van der Waals surface area contributed by atoms with Crippen molar-refractivity contribution in [3.05, 3.63) is 35.9 Å². The van der Waals surface area contributed by atoms with Crippen molar-refractivity contribution in [2.24, 2.45) is 0 Å². The third kappa shape index (κ3) is 15.5. The average molecular weight is 417 g/mol. The minimum atomic E-state index is -0.678. The second-order valence-electron chi connectivity index (χ2n) is 9.13. The van der Waals surface area contributed by atoms with Crippen molar-refractivity contribution in [3.8, 4) is 0 Å². The maximum atomic E-state index is 11.0. The van der Waals surface area contributed by atoms with Gasteiger partial charge in [-0.3, -0.25) is 4.79 Å². The molecule has 1 atom stereocenters. The monoisotopic (exact) mass is 416 g/mol. The first-order chi connectivity index (χ1) is 14.7. The van der Waals surface area contributed by atoms with Crippen LogP contribution < -0.4 is 0 Å². The van der Waals surface area contributed by atoms with Gasteiger partial charge in [-0.2, -0.15) is 0 Å². The van der Waals surface area contributed by atoms with Gasteiger partial charge in [-0.15, -0.1) is 0 Å². The molecule has 2 heteroatoms. The van der Waals surface area contributed by atoms with Crippen molar-refractivity contribution < 1.29 is 9.90 Å². The molecule has 0 aromatic heterocycles. The second-order valence-corrected chi connectivity index (χ2v) is 9.13. The van der Waals surface area contributed by atoms with Crippen LogP contribution in [0.3, 0.4) is 0 Å². The lowest BCUT2D eigenvalue weighted by atomic mass is 9.89. The zero-order valence-electron chi connectivity index (χ0n) is 19.8. The standard InChI is InChI=1S/C28H48O2/c1-2-3-4-5-6-7-8-9-10-11-12-13-14-15-16-18-23-27(24-25-28(29)30)26-21-19-17-20-22-26/h17,19-22,27H,2-16,18,23-25H2,1H3,(H,29,30)/t27-/m1/s1. The van der Waals surface area contributed by atoms with Gasteiger partial charge in [0.05, 0.1) is 0 Å². The molecular weight excluding hydrogens is 368 g/mol. The van der Waals surface area contributed by atoms with E-state index in [0.29, 0.717) is 5.92 Å². The molecule has 0 fully saturated rings. The van der Waals surface area contributed by atoms with E-state index in [0.717, 1.165) is 12.8 Å². The molecule has 1 rings (SSSR count). The third-order valence-corrected chi connectivity index (χ3v) is 6.38. The van der Waals surface area contributed by atoms with Crippen LogP contribution in [-0.2, 0) is 4.79 Å². The van der Waals surface area contributed by atoms with E-state index in [9.17, 15) is 4.79 Å². The van der Waals surface area contributed by atoms with Crippen LogP contribution in [0.5, 0.6) is 0 Å². The van der Waals surface area contributed by atoms with E-state index in [2.05, 4.69) is 31.2 Å². The molecule has 0 heterocycles. The van der Waals surface area contributed by atoms with Crippen LogP contribution in [-0.4, -0.2) is 11.1 Å². The molecule has 0 aliphatic carbocycles. The predicted octanol–water partition coefficient (Wildman–Crippen LogP) is 9.29. The normalized spacial score (nSPS) is 12.2.